The lowest BCUT2D eigenvalue weighted by molar-refractivity contribution is 0.455. The van der Waals surface area contributed by atoms with Crippen molar-refractivity contribution in [3.63, 3.8) is 0 Å². The zero-order valence-electron chi connectivity index (χ0n) is 6.35. The van der Waals surface area contributed by atoms with Crippen LogP contribution in [0.15, 0.2) is 23.4 Å². The Morgan fingerprint density at radius 3 is 2.75 bits per heavy atom. The van der Waals surface area contributed by atoms with Gasteiger partial charge < -0.3 is 5.11 Å². The number of aromatic hydroxyl groups is 1. The summed E-state index contributed by atoms with van der Waals surface area (Å²) in [5.74, 6) is -0.355. The molecule has 5 nitrogen and oxygen atoms in total. The first-order valence-corrected chi connectivity index (χ1v) is 4.63. The van der Waals surface area contributed by atoms with Crippen LogP contribution in [0.5, 0.6) is 5.75 Å². The number of nitrogens with zero attached hydrogens (tertiary/aromatic N) is 1. The standard InChI is InChI=1S/C6H8N2O3S/c1-7-12(10,11)6-2-3-8-4-5(6)9/h2-4,7,9H,1H3. The first-order chi connectivity index (χ1) is 5.58. The molecule has 0 saturated heterocycles. The SMILES string of the molecule is CNS(=O)(=O)c1ccncc1O. The maximum absolute atomic E-state index is 11.1. The quantitative estimate of drug-likeness (QED) is 0.667. The lowest BCUT2D eigenvalue weighted by Crippen LogP contribution is -2.18. The molecule has 12 heavy (non-hydrogen) atoms. The minimum atomic E-state index is -3.57. The van der Waals surface area contributed by atoms with Crippen LogP contribution in [-0.2, 0) is 10.0 Å². The Bertz CT molecular complexity index is 374. The summed E-state index contributed by atoms with van der Waals surface area (Å²) in [6.45, 7) is 0. The van der Waals surface area contributed by atoms with Crippen molar-refractivity contribution in [3.8, 4) is 5.75 Å². The van der Waals surface area contributed by atoms with Gasteiger partial charge in [-0.25, -0.2) is 13.1 Å². The molecular weight excluding hydrogens is 180 g/mol. The van der Waals surface area contributed by atoms with Crippen LogP contribution in [0.1, 0.15) is 0 Å². The van der Waals surface area contributed by atoms with Gasteiger partial charge >= 0.3 is 0 Å². The molecule has 0 aromatic carbocycles. The Hall–Kier alpha value is -1.14. The number of sulfonamides is 1. The van der Waals surface area contributed by atoms with Crippen LogP contribution >= 0.6 is 0 Å². The van der Waals surface area contributed by atoms with Crippen LogP contribution in [0.3, 0.4) is 0 Å². The number of hydrogen-bond donors (Lipinski definition) is 2. The summed E-state index contributed by atoms with van der Waals surface area (Å²) < 4.78 is 24.3. The molecule has 2 N–H and O–H groups in total. The summed E-state index contributed by atoms with van der Waals surface area (Å²) in [5, 5.41) is 9.10. The van der Waals surface area contributed by atoms with Gasteiger partial charge in [-0.15, -0.1) is 0 Å². The minimum Gasteiger partial charge on any atom is -0.505 e. The summed E-state index contributed by atoms with van der Waals surface area (Å²) in [6, 6.07) is 1.22. The summed E-state index contributed by atoms with van der Waals surface area (Å²) in [7, 11) is -2.30. The number of aromatic nitrogens is 1. The molecule has 0 aliphatic carbocycles. The third-order valence-electron chi connectivity index (χ3n) is 1.32. The molecule has 1 rings (SSSR count). The van der Waals surface area contributed by atoms with E-state index in [9.17, 15) is 8.42 Å². The minimum absolute atomic E-state index is 0.167. The molecule has 0 radical (unpaired) electrons. The van der Waals surface area contributed by atoms with E-state index in [-0.39, 0.29) is 10.6 Å². The summed E-state index contributed by atoms with van der Waals surface area (Å²) in [5.41, 5.74) is 0. The fourth-order valence-corrected chi connectivity index (χ4v) is 1.50. The molecule has 1 aromatic rings. The van der Waals surface area contributed by atoms with Crippen LogP contribution in [-0.4, -0.2) is 25.6 Å². The van der Waals surface area contributed by atoms with Gasteiger partial charge in [-0.3, -0.25) is 4.98 Å². The molecule has 1 heterocycles. The lowest BCUT2D eigenvalue weighted by Gasteiger charge is -2.02. The fraction of sp³-hybridized carbons (Fsp3) is 0.167. The highest BCUT2D eigenvalue weighted by Crippen LogP contribution is 2.18. The lowest BCUT2D eigenvalue weighted by atomic mass is 10.5. The molecule has 0 aliphatic heterocycles. The van der Waals surface area contributed by atoms with E-state index in [0.29, 0.717) is 0 Å². The molecule has 6 heteroatoms. The second kappa shape index (κ2) is 3.08. The number of rotatable bonds is 2. The van der Waals surface area contributed by atoms with E-state index in [1.165, 1.54) is 19.3 Å². The maximum Gasteiger partial charge on any atom is 0.244 e. The number of nitrogens with one attached hydrogen (secondary N) is 1. The largest absolute Gasteiger partial charge is 0.505 e. The second-order valence-electron chi connectivity index (χ2n) is 2.05. The molecule has 1 aromatic heterocycles. The third-order valence-corrected chi connectivity index (χ3v) is 2.78. The molecule has 0 atom stereocenters. The monoisotopic (exact) mass is 188 g/mol. The van der Waals surface area contributed by atoms with Gasteiger partial charge in [0.1, 0.15) is 4.90 Å². The Labute approximate surface area is 70.1 Å². The van der Waals surface area contributed by atoms with Gasteiger partial charge in [0.25, 0.3) is 0 Å². The van der Waals surface area contributed by atoms with Crippen molar-refractivity contribution in [1.29, 1.82) is 0 Å². The highest BCUT2D eigenvalue weighted by Gasteiger charge is 2.15. The summed E-state index contributed by atoms with van der Waals surface area (Å²) in [6.07, 6.45) is 2.37. The van der Waals surface area contributed by atoms with Gasteiger partial charge in [0.15, 0.2) is 5.75 Å². The molecule has 0 bridgehead atoms. The Kier molecular flexibility index (Phi) is 2.30. The topological polar surface area (TPSA) is 79.3 Å². The predicted molar refractivity (Wildman–Crippen MR) is 42.1 cm³/mol. The van der Waals surface area contributed by atoms with E-state index in [0.717, 1.165) is 6.20 Å². The highest BCUT2D eigenvalue weighted by molar-refractivity contribution is 7.89. The van der Waals surface area contributed by atoms with E-state index in [2.05, 4.69) is 9.71 Å². The van der Waals surface area contributed by atoms with Crippen LogP contribution in [0.4, 0.5) is 0 Å². The molecule has 0 saturated carbocycles. The van der Waals surface area contributed by atoms with E-state index in [1.807, 2.05) is 0 Å². The average molecular weight is 188 g/mol. The molecule has 0 amide bonds. The van der Waals surface area contributed by atoms with Crippen molar-refractivity contribution in [1.82, 2.24) is 9.71 Å². The van der Waals surface area contributed by atoms with Crippen molar-refractivity contribution < 1.29 is 13.5 Å². The van der Waals surface area contributed by atoms with Gasteiger partial charge in [-0.05, 0) is 13.1 Å². The maximum atomic E-state index is 11.1. The normalized spacial score (nSPS) is 11.4. The van der Waals surface area contributed by atoms with E-state index >= 15 is 0 Å². The fourth-order valence-electron chi connectivity index (χ4n) is 0.711. The van der Waals surface area contributed by atoms with Crippen LogP contribution in [0.25, 0.3) is 0 Å². The molecule has 0 aliphatic rings. The first-order valence-electron chi connectivity index (χ1n) is 3.14. The highest BCUT2D eigenvalue weighted by atomic mass is 32.2. The zero-order valence-corrected chi connectivity index (χ0v) is 7.17. The Balaban J connectivity index is 3.30. The van der Waals surface area contributed by atoms with E-state index in [1.54, 1.807) is 0 Å². The van der Waals surface area contributed by atoms with Gasteiger partial charge in [0.2, 0.25) is 10.0 Å². The van der Waals surface area contributed by atoms with Crippen LogP contribution in [0.2, 0.25) is 0 Å². The zero-order chi connectivity index (χ0) is 9.19. The summed E-state index contributed by atoms with van der Waals surface area (Å²) >= 11 is 0. The smallest absolute Gasteiger partial charge is 0.244 e. The number of pyridine rings is 1. The average Bonchev–Trinajstić information content (AvgIpc) is 2.05. The van der Waals surface area contributed by atoms with Crippen molar-refractivity contribution in [2.75, 3.05) is 7.05 Å². The number of hydrogen-bond acceptors (Lipinski definition) is 4. The van der Waals surface area contributed by atoms with E-state index < -0.39 is 10.0 Å². The summed E-state index contributed by atoms with van der Waals surface area (Å²) in [4.78, 5) is 3.38. The van der Waals surface area contributed by atoms with Crippen molar-refractivity contribution in [3.05, 3.63) is 18.5 Å². The third kappa shape index (κ3) is 1.54. The van der Waals surface area contributed by atoms with Crippen molar-refractivity contribution in [2.24, 2.45) is 0 Å². The molecule has 0 unspecified atom stereocenters. The van der Waals surface area contributed by atoms with Crippen molar-refractivity contribution >= 4 is 10.0 Å². The Morgan fingerprint density at radius 2 is 2.25 bits per heavy atom. The van der Waals surface area contributed by atoms with Gasteiger partial charge in [0, 0.05) is 6.20 Å². The molecule has 0 spiro atoms. The van der Waals surface area contributed by atoms with Gasteiger partial charge in [-0.2, -0.15) is 0 Å². The predicted octanol–water partition coefficient (Wildman–Crippen LogP) is -0.305. The molecule has 0 fully saturated rings. The van der Waals surface area contributed by atoms with Crippen LogP contribution < -0.4 is 4.72 Å². The Morgan fingerprint density at radius 1 is 1.58 bits per heavy atom. The van der Waals surface area contributed by atoms with Crippen LogP contribution in [0, 0.1) is 0 Å². The first kappa shape index (κ1) is 8.95. The van der Waals surface area contributed by atoms with Gasteiger partial charge in [-0.1, -0.05) is 0 Å². The van der Waals surface area contributed by atoms with Gasteiger partial charge in [0.05, 0.1) is 6.20 Å². The molecular formula is C6H8N2O3S. The van der Waals surface area contributed by atoms with E-state index in [4.69, 9.17) is 5.11 Å². The molecule has 66 valence electrons. The van der Waals surface area contributed by atoms with Crippen molar-refractivity contribution in [2.45, 2.75) is 4.90 Å². The second-order valence-corrected chi connectivity index (χ2v) is 3.91.